The van der Waals surface area contributed by atoms with Crippen molar-refractivity contribution in [2.24, 2.45) is 5.92 Å². The fraction of sp³-hybridized carbons (Fsp3) is 0.483. The number of hydrogen-bond acceptors (Lipinski definition) is 6. The number of fused-ring (bicyclic) bond motifs is 1. The highest BCUT2D eigenvalue weighted by Gasteiger charge is 2.43. The smallest absolute Gasteiger partial charge is 0.225 e. The van der Waals surface area contributed by atoms with Gasteiger partial charge in [0.1, 0.15) is 5.60 Å². The number of aromatic nitrogens is 2. The Bertz CT molecular complexity index is 1260. The van der Waals surface area contributed by atoms with Gasteiger partial charge in [-0.2, -0.15) is 5.10 Å². The Morgan fingerprint density at radius 1 is 1.05 bits per heavy atom. The van der Waals surface area contributed by atoms with Crippen LogP contribution in [0.3, 0.4) is 0 Å². The highest BCUT2D eigenvalue weighted by Crippen LogP contribution is 2.35. The van der Waals surface area contributed by atoms with Crippen molar-refractivity contribution in [3.63, 3.8) is 0 Å². The van der Waals surface area contributed by atoms with Crippen molar-refractivity contribution in [3.05, 3.63) is 54.4 Å². The van der Waals surface area contributed by atoms with Crippen molar-refractivity contribution >= 4 is 17.1 Å². The van der Waals surface area contributed by atoms with E-state index in [4.69, 9.17) is 5.26 Å². The molecule has 1 saturated carbocycles. The predicted molar refractivity (Wildman–Crippen MR) is 144 cm³/mol. The van der Waals surface area contributed by atoms with Crippen molar-refractivity contribution in [1.82, 2.24) is 19.4 Å². The Morgan fingerprint density at radius 3 is 2.32 bits per heavy atom. The van der Waals surface area contributed by atoms with Crippen LogP contribution in [0.25, 0.3) is 16.6 Å². The van der Waals surface area contributed by atoms with Gasteiger partial charge in [0.15, 0.2) is 0 Å². The van der Waals surface area contributed by atoms with E-state index in [0.29, 0.717) is 25.0 Å². The molecule has 3 aliphatic rings. The molecule has 0 spiro atoms. The maximum absolute atomic E-state index is 12.6. The molecule has 0 bridgehead atoms. The molecule has 2 aliphatic heterocycles. The summed E-state index contributed by atoms with van der Waals surface area (Å²) in [5, 5.41) is 22.0. The fourth-order valence-electron chi connectivity index (χ4n) is 5.65. The molecule has 3 fully saturated rings. The number of benzene rings is 1. The number of anilines is 1. The maximum atomic E-state index is 12.6. The van der Waals surface area contributed by atoms with Gasteiger partial charge in [-0.25, -0.2) is 9.78 Å². The molecular formula is C29H36N6O2. The second kappa shape index (κ2) is 10.2. The number of likely N-dealkylation sites (tertiary alicyclic amines) is 1. The number of nitriles is 1. The van der Waals surface area contributed by atoms with Gasteiger partial charge in [0.2, 0.25) is 5.91 Å². The van der Waals surface area contributed by atoms with E-state index in [1.54, 1.807) is 0 Å². The standard InChI is InChI=1S/C28H35N5O2.CHN/c1-20(2)32-18-28(35,19-32)24-8-6-21(7-9-24)23-16-26-25(10-11-29-33(26)17-23)30-12-14-31(15-13-30)27(34)22-4-3-5-22;1-2/h6-11,16-17,20,22,35H,3-5,12-15,18-19H2,1-2H3;1H. The summed E-state index contributed by atoms with van der Waals surface area (Å²) in [6.07, 6.45) is 7.25. The molecule has 8 heteroatoms. The molecule has 3 aromatic rings. The van der Waals surface area contributed by atoms with E-state index < -0.39 is 5.60 Å². The lowest BCUT2D eigenvalue weighted by atomic mass is 9.84. The summed E-state index contributed by atoms with van der Waals surface area (Å²) in [5.74, 6) is 0.626. The zero-order valence-electron chi connectivity index (χ0n) is 21.8. The Morgan fingerprint density at radius 2 is 1.73 bits per heavy atom. The first-order chi connectivity index (χ1) is 17.9. The van der Waals surface area contributed by atoms with Crippen LogP contribution in [-0.4, -0.2) is 75.7 Å². The lowest BCUT2D eigenvalue weighted by Gasteiger charge is -2.49. The minimum atomic E-state index is -0.745. The monoisotopic (exact) mass is 500 g/mol. The Balaban J connectivity index is 0.00000137. The molecule has 4 heterocycles. The number of carbonyl (C=O) groups excluding carboxylic acids is 1. The average molecular weight is 501 g/mol. The topological polar surface area (TPSA) is 88.1 Å². The third kappa shape index (κ3) is 4.70. The van der Waals surface area contributed by atoms with Gasteiger partial charge < -0.3 is 14.9 Å². The maximum Gasteiger partial charge on any atom is 0.225 e. The van der Waals surface area contributed by atoms with Crippen LogP contribution in [0.2, 0.25) is 0 Å². The van der Waals surface area contributed by atoms with Gasteiger partial charge in [-0.15, -0.1) is 0 Å². The van der Waals surface area contributed by atoms with Crippen molar-refractivity contribution in [3.8, 4) is 17.7 Å². The first-order valence-corrected chi connectivity index (χ1v) is 13.3. The average Bonchev–Trinajstić information content (AvgIpc) is 3.32. The quantitative estimate of drug-likeness (QED) is 0.577. The number of aliphatic hydroxyl groups is 1. The van der Waals surface area contributed by atoms with Crippen LogP contribution in [-0.2, 0) is 10.4 Å². The molecule has 2 aromatic heterocycles. The number of nitrogens with zero attached hydrogens (tertiary/aromatic N) is 6. The first kappa shape index (κ1) is 25.2. The normalized spacial score (nSPS) is 19.7. The summed E-state index contributed by atoms with van der Waals surface area (Å²) in [4.78, 5) is 19.3. The Hall–Kier alpha value is -3.41. The second-order valence-electron chi connectivity index (χ2n) is 10.8. The van der Waals surface area contributed by atoms with Crippen LogP contribution in [0, 0.1) is 17.8 Å². The van der Waals surface area contributed by atoms with Gasteiger partial charge >= 0.3 is 0 Å². The van der Waals surface area contributed by atoms with E-state index in [1.165, 1.54) is 6.42 Å². The van der Waals surface area contributed by atoms with Crippen molar-refractivity contribution < 1.29 is 9.90 Å². The lowest BCUT2D eigenvalue weighted by Crippen LogP contribution is -2.61. The molecular weight excluding hydrogens is 464 g/mol. The molecule has 1 aliphatic carbocycles. The van der Waals surface area contributed by atoms with E-state index >= 15 is 0 Å². The third-order valence-electron chi connectivity index (χ3n) is 8.29. The van der Waals surface area contributed by atoms with E-state index in [1.807, 2.05) is 10.7 Å². The van der Waals surface area contributed by atoms with Crippen molar-refractivity contribution in [2.75, 3.05) is 44.2 Å². The molecule has 1 aromatic carbocycles. The molecule has 37 heavy (non-hydrogen) atoms. The molecule has 1 N–H and O–H groups in total. The molecule has 194 valence electrons. The minimum Gasteiger partial charge on any atom is -0.382 e. The zero-order chi connectivity index (χ0) is 26.2. The SMILES string of the molecule is C#N.CC(C)N1CC(O)(c2ccc(-c3cc4c(N5CCN(C(=O)C6CCC6)CC5)ccnn4c3)cc2)C1. The van der Waals surface area contributed by atoms with E-state index in [9.17, 15) is 9.90 Å². The lowest BCUT2D eigenvalue weighted by molar-refractivity contribution is -0.138. The molecule has 2 saturated heterocycles. The fourth-order valence-corrected chi connectivity index (χ4v) is 5.65. The Kier molecular flexibility index (Phi) is 6.93. The number of β-amino-alcohol motifs (C(OH)–C–C–N with tert-alkyl or cyclic N) is 1. The van der Waals surface area contributed by atoms with Gasteiger partial charge in [-0.1, -0.05) is 30.7 Å². The van der Waals surface area contributed by atoms with E-state index in [-0.39, 0.29) is 5.92 Å². The summed E-state index contributed by atoms with van der Waals surface area (Å²) in [6, 6.07) is 13.1. The van der Waals surface area contributed by atoms with Gasteiger partial charge in [0.05, 0.1) is 11.2 Å². The molecule has 8 nitrogen and oxygen atoms in total. The largest absolute Gasteiger partial charge is 0.382 e. The molecule has 0 unspecified atom stereocenters. The van der Waals surface area contributed by atoms with Gasteiger partial charge in [0.25, 0.3) is 0 Å². The number of carbonyl (C=O) groups is 1. The summed E-state index contributed by atoms with van der Waals surface area (Å²) in [5.41, 5.74) is 4.71. The first-order valence-electron chi connectivity index (χ1n) is 13.3. The van der Waals surface area contributed by atoms with Gasteiger partial charge in [0, 0.05) is 75.8 Å². The molecule has 0 atom stereocenters. The van der Waals surface area contributed by atoms with Crippen LogP contribution in [0.5, 0.6) is 0 Å². The molecule has 6 rings (SSSR count). The third-order valence-corrected chi connectivity index (χ3v) is 8.29. The number of piperazine rings is 1. The van der Waals surface area contributed by atoms with Gasteiger partial charge in [-0.3, -0.25) is 9.69 Å². The van der Waals surface area contributed by atoms with Crippen LogP contribution in [0.15, 0.2) is 48.8 Å². The van der Waals surface area contributed by atoms with Crippen LogP contribution in [0.4, 0.5) is 5.69 Å². The summed E-state index contributed by atoms with van der Waals surface area (Å²) in [7, 11) is 0. The second-order valence-corrected chi connectivity index (χ2v) is 10.8. The minimum absolute atomic E-state index is 0.271. The number of amides is 1. The van der Waals surface area contributed by atoms with Gasteiger partial charge in [-0.05, 0) is 49.9 Å². The van der Waals surface area contributed by atoms with Crippen LogP contribution in [0.1, 0.15) is 38.7 Å². The van der Waals surface area contributed by atoms with E-state index in [2.05, 4.69) is 82.8 Å². The summed E-state index contributed by atoms with van der Waals surface area (Å²) < 4.78 is 1.95. The highest BCUT2D eigenvalue weighted by molar-refractivity contribution is 5.82. The van der Waals surface area contributed by atoms with E-state index in [0.717, 1.165) is 66.9 Å². The predicted octanol–water partition coefficient (Wildman–Crippen LogP) is 3.50. The van der Waals surface area contributed by atoms with Crippen molar-refractivity contribution in [1.29, 1.82) is 5.26 Å². The molecule has 0 radical (unpaired) electrons. The number of hydrogen-bond donors (Lipinski definition) is 1. The van der Waals surface area contributed by atoms with Crippen LogP contribution >= 0.6 is 0 Å². The highest BCUT2D eigenvalue weighted by atomic mass is 16.3. The summed E-state index contributed by atoms with van der Waals surface area (Å²) >= 11 is 0. The summed E-state index contributed by atoms with van der Waals surface area (Å²) in [6.45, 7) is 12.5. The Labute approximate surface area is 218 Å². The number of rotatable bonds is 5. The van der Waals surface area contributed by atoms with Crippen LogP contribution < -0.4 is 4.90 Å². The zero-order valence-corrected chi connectivity index (χ0v) is 21.8. The van der Waals surface area contributed by atoms with Crippen molar-refractivity contribution in [2.45, 2.75) is 44.8 Å². The molecule has 1 amide bonds.